The summed E-state index contributed by atoms with van der Waals surface area (Å²) in [5.74, 6) is 0.0571. The van der Waals surface area contributed by atoms with Gasteiger partial charge in [0.1, 0.15) is 5.75 Å². The minimum Gasteiger partial charge on any atom is -0.496 e. The average Bonchev–Trinajstić information content (AvgIpc) is 2.87. The van der Waals surface area contributed by atoms with E-state index in [1.54, 1.807) is 34.0 Å². The van der Waals surface area contributed by atoms with Gasteiger partial charge in [-0.2, -0.15) is 0 Å². The monoisotopic (exact) mass is 327 g/mol. The van der Waals surface area contributed by atoms with Gasteiger partial charge in [0, 0.05) is 11.3 Å². The Hall–Kier alpha value is -2.82. The molecular weight excluding hydrogens is 306 g/mol. The summed E-state index contributed by atoms with van der Waals surface area (Å²) in [6.45, 7) is 5.52. The summed E-state index contributed by atoms with van der Waals surface area (Å²) >= 11 is 0. The second kappa shape index (κ2) is 7.64. The predicted octanol–water partition coefficient (Wildman–Crippen LogP) is 3.71. The van der Waals surface area contributed by atoms with E-state index in [2.05, 4.69) is 4.98 Å². The number of ether oxygens (including phenoxy) is 2. The van der Waals surface area contributed by atoms with Crippen LogP contribution in [0.3, 0.4) is 0 Å². The first kappa shape index (κ1) is 17.5. The quantitative estimate of drug-likeness (QED) is 0.499. The number of para-hydroxylation sites is 1. The van der Waals surface area contributed by atoms with Gasteiger partial charge < -0.3 is 14.5 Å². The number of aromatic nitrogens is 1. The van der Waals surface area contributed by atoms with Crippen LogP contribution >= 0.6 is 0 Å². The fourth-order valence-corrected chi connectivity index (χ4v) is 2.56. The molecule has 0 fully saturated rings. The number of aryl methyl sites for hydroxylation is 1. The van der Waals surface area contributed by atoms with Crippen LogP contribution < -0.4 is 4.74 Å². The van der Waals surface area contributed by atoms with E-state index in [1.165, 1.54) is 6.08 Å². The number of carbonyl (C=O) groups excluding carboxylic acids is 2. The lowest BCUT2D eigenvalue weighted by atomic mass is 10.1. The molecule has 0 atom stereocenters. The van der Waals surface area contributed by atoms with Crippen molar-refractivity contribution in [2.24, 2.45) is 0 Å². The van der Waals surface area contributed by atoms with E-state index >= 15 is 0 Å². The van der Waals surface area contributed by atoms with E-state index in [9.17, 15) is 9.59 Å². The van der Waals surface area contributed by atoms with Gasteiger partial charge in [0.05, 0.1) is 25.0 Å². The molecule has 0 saturated carbocycles. The van der Waals surface area contributed by atoms with Gasteiger partial charge in [-0.1, -0.05) is 18.2 Å². The van der Waals surface area contributed by atoms with Crippen molar-refractivity contribution in [3.05, 3.63) is 58.4 Å². The summed E-state index contributed by atoms with van der Waals surface area (Å²) < 4.78 is 10.3. The zero-order valence-electron chi connectivity index (χ0n) is 14.3. The molecule has 0 aliphatic rings. The van der Waals surface area contributed by atoms with Crippen molar-refractivity contribution in [3.8, 4) is 5.75 Å². The van der Waals surface area contributed by atoms with Crippen LogP contribution in [-0.2, 0) is 4.74 Å². The Labute approximate surface area is 141 Å². The normalized spacial score (nSPS) is 10.8. The summed E-state index contributed by atoms with van der Waals surface area (Å²) in [6, 6.07) is 7.42. The summed E-state index contributed by atoms with van der Waals surface area (Å²) in [6.07, 6.45) is 3.16. The molecule has 126 valence electrons. The van der Waals surface area contributed by atoms with Crippen molar-refractivity contribution in [1.82, 2.24) is 4.98 Å². The maximum Gasteiger partial charge on any atom is 0.340 e. The molecule has 5 heteroatoms. The molecule has 1 aromatic heterocycles. The predicted molar refractivity (Wildman–Crippen MR) is 92.6 cm³/mol. The molecule has 5 nitrogen and oxygen atoms in total. The van der Waals surface area contributed by atoms with Crippen LogP contribution in [0.5, 0.6) is 5.75 Å². The lowest BCUT2D eigenvalue weighted by molar-refractivity contribution is 0.0525. The number of nitrogens with one attached hydrogen (secondary N) is 1. The largest absolute Gasteiger partial charge is 0.496 e. The third-order valence-electron chi connectivity index (χ3n) is 3.72. The molecule has 0 amide bonds. The second-order valence-electron chi connectivity index (χ2n) is 5.29. The molecule has 24 heavy (non-hydrogen) atoms. The first-order valence-electron chi connectivity index (χ1n) is 7.71. The van der Waals surface area contributed by atoms with Gasteiger partial charge in [-0.3, -0.25) is 4.79 Å². The molecule has 0 bridgehead atoms. The van der Waals surface area contributed by atoms with Crippen LogP contribution in [0.4, 0.5) is 0 Å². The summed E-state index contributed by atoms with van der Waals surface area (Å²) in [4.78, 5) is 27.5. The topological polar surface area (TPSA) is 68.4 Å². The highest BCUT2D eigenvalue weighted by atomic mass is 16.5. The van der Waals surface area contributed by atoms with Gasteiger partial charge in [-0.05, 0) is 44.6 Å². The fraction of sp³-hybridized carbons (Fsp3) is 0.263. The second-order valence-corrected chi connectivity index (χ2v) is 5.29. The van der Waals surface area contributed by atoms with Gasteiger partial charge in [-0.15, -0.1) is 0 Å². The number of esters is 1. The Morgan fingerprint density at radius 3 is 2.58 bits per heavy atom. The van der Waals surface area contributed by atoms with Crippen LogP contribution in [0.15, 0.2) is 30.3 Å². The van der Waals surface area contributed by atoms with Crippen molar-refractivity contribution >= 4 is 17.8 Å². The SMILES string of the molecule is CCOC(=O)c1c(C)[nH]c(C(=O)/C=C/c2ccccc2OC)c1C. The molecule has 0 radical (unpaired) electrons. The standard InChI is InChI=1S/C19H21NO4/c1-5-24-19(22)17-12(2)18(20-13(17)3)15(21)11-10-14-8-6-7-9-16(14)23-4/h6-11,20H,5H2,1-4H3/b11-10+. The van der Waals surface area contributed by atoms with E-state index in [4.69, 9.17) is 9.47 Å². The molecule has 0 aliphatic heterocycles. The third kappa shape index (κ3) is 3.56. The van der Waals surface area contributed by atoms with Gasteiger partial charge in [0.15, 0.2) is 0 Å². The van der Waals surface area contributed by atoms with Crippen LogP contribution in [0.1, 0.15) is 44.6 Å². The number of carbonyl (C=O) groups is 2. The number of H-pyrrole nitrogens is 1. The number of benzene rings is 1. The molecule has 0 spiro atoms. The first-order chi connectivity index (χ1) is 11.5. The number of hydrogen-bond acceptors (Lipinski definition) is 4. The van der Waals surface area contributed by atoms with Gasteiger partial charge >= 0.3 is 5.97 Å². The fourth-order valence-electron chi connectivity index (χ4n) is 2.56. The number of ketones is 1. The van der Waals surface area contributed by atoms with Crippen molar-refractivity contribution in [1.29, 1.82) is 0 Å². The van der Waals surface area contributed by atoms with Crippen LogP contribution in [0, 0.1) is 13.8 Å². The minimum atomic E-state index is -0.420. The molecule has 2 rings (SSSR count). The molecule has 1 aromatic carbocycles. The Morgan fingerprint density at radius 1 is 1.21 bits per heavy atom. The highest BCUT2D eigenvalue weighted by Gasteiger charge is 2.21. The maximum atomic E-state index is 12.5. The van der Waals surface area contributed by atoms with Gasteiger partial charge in [-0.25, -0.2) is 4.79 Å². The molecule has 2 aromatic rings. The number of rotatable bonds is 6. The Balaban J connectivity index is 2.29. The van der Waals surface area contributed by atoms with Crippen molar-refractivity contribution in [3.63, 3.8) is 0 Å². The van der Waals surface area contributed by atoms with Crippen molar-refractivity contribution in [2.45, 2.75) is 20.8 Å². The van der Waals surface area contributed by atoms with Gasteiger partial charge in [0.2, 0.25) is 5.78 Å². The highest BCUT2D eigenvalue weighted by molar-refractivity contribution is 6.09. The first-order valence-corrected chi connectivity index (χ1v) is 7.71. The summed E-state index contributed by atoms with van der Waals surface area (Å²) in [5.41, 5.74) is 2.84. The van der Waals surface area contributed by atoms with E-state index in [0.717, 1.165) is 5.56 Å². The maximum absolute atomic E-state index is 12.5. The van der Waals surface area contributed by atoms with Crippen molar-refractivity contribution < 1.29 is 19.1 Å². The van der Waals surface area contributed by atoms with Crippen LogP contribution in [0.25, 0.3) is 6.08 Å². The molecule has 0 unspecified atom stereocenters. The zero-order valence-corrected chi connectivity index (χ0v) is 14.3. The van der Waals surface area contributed by atoms with E-state index in [-0.39, 0.29) is 5.78 Å². The number of methoxy groups -OCH3 is 1. The lowest BCUT2D eigenvalue weighted by Gasteiger charge is -2.03. The molecule has 0 saturated heterocycles. The van der Waals surface area contributed by atoms with Crippen LogP contribution in [0.2, 0.25) is 0 Å². The van der Waals surface area contributed by atoms with E-state index in [0.29, 0.717) is 34.9 Å². The molecule has 1 N–H and O–H groups in total. The van der Waals surface area contributed by atoms with E-state index < -0.39 is 5.97 Å². The molecular formula is C19H21NO4. The average molecular weight is 327 g/mol. The van der Waals surface area contributed by atoms with Gasteiger partial charge in [0.25, 0.3) is 0 Å². The Morgan fingerprint density at radius 2 is 1.92 bits per heavy atom. The number of aromatic amines is 1. The minimum absolute atomic E-state index is 0.211. The Kier molecular flexibility index (Phi) is 5.58. The zero-order chi connectivity index (χ0) is 17.7. The smallest absolute Gasteiger partial charge is 0.340 e. The van der Waals surface area contributed by atoms with Crippen molar-refractivity contribution in [2.75, 3.05) is 13.7 Å². The Bertz CT molecular complexity index is 787. The highest BCUT2D eigenvalue weighted by Crippen LogP contribution is 2.22. The van der Waals surface area contributed by atoms with E-state index in [1.807, 2.05) is 24.3 Å². The molecule has 0 aliphatic carbocycles. The molecule has 1 heterocycles. The van der Waals surface area contributed by atoms with Crippen LogP contribution in [-0.4, -0.2) is 30.5 Å². The number of allylic oxidation sites excluding steroid dienone is 1. The number of hydrogen-bond donors (Lipinski definition) is 1. The lowest BCUT2D eigenvalue weighted by Crippen LogP contribution is -2.07. The summed E-state index contributed by atoms with van der Waals surface area (Å²) in [7, 11) is 1.58. The summed E-state index contributed by atoms with van der Waals surface area (Å²) in [5, 5.41) is 0. The third-order valence-corrected chi connectivity index (χ3v) is 3.72.